The molecule has 0 aliphatic heterocycles. The van der Waals surface area contributed by atoms with Crippen LogP contribution in [0.5, 0.6) is 0 Å². The van der Waals surface area contributed by atoms with E-state index in [1.807, 2.05) is 48.5 Å². The first-order valence-corrected chi connectivity index (χ1v) is 8.98. The van der Waals surface area contributed by atoms with Gasteiger partial charge in [0.15, 0.2) is 5.16 Å². The first kappa shape index (κ1) is 16.4. The topological polar surface area (TPSA) is 77.1 Å². The molecule has 26 heavy (non-hydrogen) atoms. The van der Waals surface area contributed by atoms with E-state index in [2.05, 4.69) is 10.3 Å². The van der Waals surface area contributed by atoms with E-state index in [0.717, 1.165) is 11.1 Å². The number of carbonyl (C=O) groups excluding carboxylic acids is 1. The van der Waals surface area contributed by atoms with Crippen LogP contribution in [0.2, 0.25) is 0 Å². The maximum atomic E-state index is 12.6. The third-order valence-corrected chi connectivity index (χ3v) is 4.98. The quantitative estimate of drug-likeness (QED) is 0.443. The molecule has 4 aromatic rings. The van der Waals surface area contributed by atoms with Crippen LogP contribution in [0, 0.1) is 0 Å². The second kappa shape index (κ2) is 6.68. The molecule has 0 radical (unpaired) electrons. The maximum Gasteiger partial charge on any atom is 0.297 e. The summed E-state index contributed by atoms with van der Waals surface area (Å²) in [6.45, 7) is 0. The Hall–Kier alpha value is -3.06. The molecule has 6 nitrogen and oxygen atoms in total. The normalized spacial score (nSPS) is 11.1. The van der Waals surface area contributed by atoms with Gasteiger partial charge in [-0.05, 0) is 24.3 Å². The molecule has 2 aromatic heterocycles. The third-order valence-electron chi connectivity index (χ3n) is 3.95. The fourth-order valence-electron chi connectivity index (χ4n) is 2.68. The summed E-state index contributed by atoms with van der Waals surface area (Å²) in [5.74, 6) is -0.0104. The second-order valence-electron chi connectivity index (χ2n) is 5.74. The van der Waals surface area contributed by atoms with Crippen molar-refractivity contribution in [3.8, 4) is 0 Å². The number of anilines is 1. The molecule has 0 atom stereocenters. The standard InChI is InChI=1S/C19H15N3O3S/c1-22-18(24)17-16(13-9-5-6-10-14(13)25-17)21-19(22)26-11-15(23)20-12-7-3-2-4-8-12/h2-10H,11H2,1H3,(H,20,23). The van der Waals surface area contributed by atoms with Gasteiger partial charge in [-0.3, -0.25) is 14.2 Å². The molecule has 0 spiro atoms. The summed E-state index contributed by atoms with van der Waals surface area (Å²) in [4.78, 5) is 29.3. The van der Waals surface area contributed by atoms with Gasteiger partial charge in [0, 0.05) is 18.1 Å². The molecule has 0 unspecified atom stereocenters. The number of furan rings is 1. The van der Waals surface area contributed by atoms with E-state index in [1.165, 1.54) is 16.3 Å². The zero-order valence-electron chi connectivity index (χ0n) is 13.9. The lowest BCUT2D eigenvalue weighted by atomic mass is 10.2. The first-order valence-electron chi connectivity index (χ1n) is 7.99. The van der Waals surface area contributed by atoms with Crippen molar-refractivity contribution in [1.82, 2.24) is 9.55 Å². The van der Waals surface area contributed by atoms with Gasteiger partial charge in [0.05, 0.1) is 5.75 Å². The number of carbonyl (C=O) groups is 1. The van der Waals surface area contributed by atoms with Crippen molar-refractivity contribution >= 4 is 45.4 Å². The zero-order valence-corrected chi connectivity index (χ0v) is 14.7. The van der Waals surface area contributed by atoms with Crippen LogP contribution in [0.3, 0.4) is 0 Å². The van der Waals surface area contributed by atoms with Crippen molar-refractivity contribution in [3.63, 3.8) is 0 Å². The molecule has 7 heteroatoms. The van der Waals surface area contributed by atoms with Gasteiger partial charge in [-0.15, -0.1) is 0 Å². The summed E-state index contributed by atoms with van der Waals surface area (Å²) in [5.41, 5.74) is 1.84. The van der Waals surface area contributed by atoms with Crippen LogP contribution in [0.15, 0.2) is 69.0 Å². The van der Waals surface area contributed by atoms with Crippen molar-refractivity contribution in [2.24, 2.45) is 7.05 Å². The molecule has 4 rings (SSSR count). The van der Waals surface area contributed by atoms with E-state index in [9.17, 15) is 9.59 Å². The van der Waals surface area contributed by atoms with Gasteiger partial charge in [-0.2, -0.15) is 0 Å². The Morgan fingerprint density at radius 3 is 2.69 bits per heavy atom. The molecule has 0 fully saturated rings. The number of hydrogen-bond donors (Lipinski definition) is 1. The maximum absolute atomic E-state index is 12.6. The summed E-state index contributed by atoms with van der Waals surface area (Å²) in [5, 5.41) is 4.07. The Kier molecular flexibility index (Phi) is 4.22. The lowest BCUT2D eigenvalue weighted by molar-refractivity contribution is -0.113. The van der Waals surface area contributed by atoms with Crippen LogP contribution >= 0.6 is 11.8 Å². The van der Waals surface area contributed by atoms with Gasteiger partial charge in [-0.25, -0.2) is 4.98 Å². The van der Waals surface area contributed by atoms with Crippen LogP contribution in [0.1, 0.15) is 0 Å². The van der Waals surface area contributed by atoms with Crippen molar-refractivity contribution in [2.75, 3.05) is 11.1 Å². The van der Waals surface area contributed by atoms with Crippen LogP contribution in [0.25, 0.3) is 22.1 Å². The molecule has 0 aliphatic rings. The number of para-hydroxylation sites is 2. The Labute approximate surface area is 152 Å². The first-order chi connectivity index (χ1) is 12.6. The third kappa shape index (κ3) is 2.97. The summed E-state index contributed by atoms with van der Waals surface area (Å²) in [6, 6.07) is 16.6. The Morgan fingerprint density at radius 1 is 1.15 bits per heavy atom. The average molecular weight is 365 g/mol. The van der Waals surface area contributed by atoms with Gasteiger partial charge in [0.25, 0.3) is 5.56 Å². The fourth-order valence-corrected chi connectivity index (χ4v) is 3.44. The number of nitrogens with one attached hydrogen (secondary N) is 1. The minimum absolute atomic E-state index is 0.149. The SMILES string of the molecule is Cn1c(SCC(=O)Nc2ccccc2)nc2c(oc3ccccc32)c1=O. The van der Waals surface area contributed by atoms with Gasteiger partial charge in [0.2, 0.25) is 11.5 Å². The summed E-state index contributed by atoms with van der Waals surface area (Å²) >= 11 is 1.21. The smallest absolute Gasteiger partial charge is 0.297 e. The van der Waals surface area contributed by atoms with Gasteiger partial charge < -0.3 is 9.73 Å². The molecule has 0 bridgehead atoms. The van der Waals surface area contributed by atoms with Gasteiger partial charge >= 0.3 is 0 Å². The molecule has 0 saturated carbocycles. The lowest BCUT2D eigenvalue weighted by Gasteiger charge is -2.07. The average Bonchev–Trinajstić information content (AvgIpc) is 3.03. The van der Waals surface area contributed by atoms with Crippen molar-refractivity contribution in [2.45, 2.75) is 5.16 Å². The van der Waals surface area contributed by atoms with Gasteiger partial charge in [-0.1, -0.05) is 42.1 Å². The highest BCUT2D eigenvalue weighted by Crippen LogP contribution is 2.26. The summed E-state index contributed by atoms with van der Waals surface area (Å²) in [7, 11) is 1.62. The summed E-state index contributed by atoms with van der Waals surface area (Å²) in [6.07, 6.45) is 0. The number of amides is 1. The highest BCUT2D eigenvalue weighted by Gasteiger charge is 2.16. The predicted molar refractivity (Wildman–Crippen MR) is 103 cm³/mol. The van der Waals surface area contributed by atoms with Gasteiger partial charge in [0.1, 0.15) is 11.1 Å². The number of fused-ring (bicyclic) bond motifs is 3. The molecule has 1 amide bonds. The Balaban J connectivity index is 1.62. The molecule has 0 saturated heterocycles. The predicted octanol–water partition coefficient (Wildman–Crippen LogP) is 3.41. The van der Waals surface area contributed by atoms with Crippen molar-refractivity contribution in [1.29, 1.82) is 0 Å². The minimum Gasteiger partial charge on any atom is -0.448 e. The van der Waals surface area contributed by atoms with Crippen molar-refractivity contribution in [3.05, 3.63) is 65.0 Å². The number of aromatic nitrogens is 2. The Bertz CT molecular complexity index is 1170. The molecule has 1 N–H and O–H groups in total. The largest absolute Gasteiger partial charge is 0.448 e. The highest BCUT2D eigenvalue weighted by molar-refractivity contribution is 7.99. The molecular weight excluding hydrogens is 350 g/mol. The van der Waals surface area contributed by atoms with E-state index in [1.54, 1.807) is 13.1 Å². The Morgan fingerprint density at radius 2 is 1.88 bits per heavy atom. The fraction of sp³-hybridized carbons (Fsp3) is 0.105. The highest BCUT2D eigenvalue weighted by atomic mass is 32.2. The van der Waals surface area contributed by atoms with Crippen molar-refractivity contribution < 1.29 is 9.21 Å². The second-order valence-corrected chi connectivity index (χ2v) is 6.68. The molecule has 130 valence electrons. The van der Waals surface area contributed by atoms with Crippen LogP contribution in [-0.2, 0) is 11.8 Å². The lowest BCUT2D eigenvalue weighted by Crippen LogP contribution is -2.21. The number of hydrogen-bond acceptors (Lipinski definition) is 5. The molecule has 2 aromatic carbocycles. The number of benzene rings is 2. The minimum atomic E-state index is -0.267. The van der Waals surface area contributed by atoms with E-state index in [-0.39, 0.29) is 22.8 Å². The van der Waals surface area contributed by atoms with E-state index < -0.39 is 0 Å². The number of nitrogens with zero attached hydrogens (tertiary/aromatic N) is 2. The molecule has 2 heterocycles. The van der Waals surface area contributed by atoms with Crippen LogP contribution in [-0.4, -0.2) is 21.2 Å². The van der Waals surface area contributed by atoms with Crippen LogP contribution in [0.4, 0.5) is 5.69 Å². The molecular formula is C19H15N3O3S. The molecule has 0 aliphatic carbocycles. The monoisotopic (exact) mass is 365 g/mol. The summed E-state index contributed by atoms with van der Waals surface area (Å²) < 4.78 is 7.05. The van der Waals surface area contributed by atoms with E-state index in [0.29, 0.717) is 16.3 Å². The van der Waals surface area contributed by atoms with E-state index >= 15 is 0 Å². The van der Waals surface area contributed by atoms with E-state index in [4.69, 9.17) is 4.42 Å². The number of thioether (sulfide) groups is 1. The zero-order chi connectivity index (χ0) is 18.1. The van der Waals surface area contributed by atoms with Crippen LogP contribution < -0.4 is 10.9 Å². The number of rotatable bonds is 4.